The molecule has 0 saturated heterocycles. The lowest BCUT2D eigenvalue weighted by Crippen LogP contribution is -2.19. The van der Waals surface area contributed by atoms with Crippen LogP contribution in [-0.4, -0.2) is 12.2 Å². The number of halogens is 1. The van der Waals surface area contributed by atoms with E-state index in [2.05, 4.69) is 0 Å². The monoisotopic (exact) mass is 227 g/mol. The molecule has 3 nitrogen and oxygen atoms in total. The maximum atomic E-state index is 10.0. The van der Waals surface area contributed by atoms with Gasteiger partial charge in [-0.15, -0.1) is 0 Å². The molecule has 1 aromatic rings. The zero-order chi connectivity index (χ0) is 11.2. The van der Waals surface area contributed by atoms with Gasteiger partial charge in [0, 0.05) is 21.7 Å². The lowest BCUT2D eigenvalue weighted by Gasteiger charge is -2.17. The highest BCUT2D eigenvalue weighted by atomic mass is 35.5. The first-order valence-electron chi connectivity index (χ1n) is 4.85. The first-order chi connectivity index (χ1) is 6.99. The molecule has 0 aliphatic heterocycles. The number of phenolic OH excluding ortho intramolecular Hbond substituents is 1. The topological polar surface area (TPSA) is 55.5 Å². The third-order valence-corrected chi connectivity index (χ3v) is 3.36. The third kappa shape index (κ3) is 1.56. The second kappa shape index (κ2) is 3.29. The van der Waals surface area contributed by atoms with Crippen molar-refractivity contribution in [3.63, 3.8) is 0 Å². The van der Waals surface area contributed by atoms with E-state index >= 15 is 0 Å². The minimum Gasteiger partial charge on any atom is -0.504 e. The summed E-state index contributed by atoms with van der Waals surface area (Å²) in [5.41, 5.74) is 7.06. The number of phenols is 1. The van der Waals surface area contributed by atoms with E-state index in [-0.39, 0.29) is 5.75 Å². The third-order valence-electron chi connectivity index (χ3n) is 2.97. The van der Waals surface area contributed by atoms with Crippen LogP contribution >= 0.6 is 11.6 Å². The number of aromatic hydroxyl groups is 1. The van der Waals surface area contributed by atoms with Crippen LogP contribution in [0.2, 0.25) is 5.02 Å². The van der Waals surface area contributed by atoms with Crippen molar-refractivity contribution in [1.29, 1.82) is 0 Å². The lowest BCUT2D eigenvalue weighted by atomic mass is 10.0. The Bertz CT molecular complexity index is 414. The van der Waals surface area contributed by atoms with Crippen LogP contribution in [0.5, 0.6) is 11.5 Å². The molecular formula is C11H14ClNO2. The van der Waals surface area contributed by atoms with Crippen LogP contribution in [0.1, 0.15) is 24.0 Å². The molecule has 0 bridgehead atoms. The van der Waals surface area contributed by atoms with Gasteiger partial charge in [-0.2, -0.15) is 0 Å². The van der Waals surface area contributed by atoms with Crippen molar-refractivity contribution < 1.29 is 9.84 Å². The Morgan fingerprint density at radius 2 is 2.13 bits per heavy atom. The molecule has 0 aromatic heterocycles. The molecular weight excluding hydrogens is 214 g/mol. The summed E-state index contributed by atoms with van der Waals surface area (Å²) in [6, 6.07) is 1.74. The molecule has 15 heavy (non-hydrogen) atoms. The van der Waals surface area contributed by atoms with Crippen LogP contribution in [0.4, 0.5) is 0 Å². The van der Waals surface area contributed by atoms with Crippen molar-refractivity contribution in [3.05, 3.63) is 22.2 Å². The van der Waals surface area contributed by atoms with Crippen LogP contribution in [0.15, 0.2) is 6.07 Å². The Morgan fingerprint density at radius 3 is 2.60 bits per heavy atom. The highest BCUT2D eigenvalue weighted by molar-refractivity contribution is 6.31. The fourth-order valence-electron chi connectivity index (χ4n) is 1.75. The van der Waals surface area contributed by atoms with Gasteiger partial charge in [-0.25, -0.2) is 0 Å². The quantitative estimate of drug-likeness (QED) is 0.815. The summed E-state index contributed by atoms with van der Waals surface area (Å²) in [5, 5.41) is 10.6. The van der Waals surface area contributed by atoms with E-state index in [1.54, 1.807) is 13.0 Å². The summed E-state index contributed by atoms with van der Waals surface area (Å²) in [4.78, 5) is 0. The maximum absolute atomic E-state index is 10.0. The molecule has 82 valence electrons. The van der Waals surface area contributed by atoms with Crippen LogP contribution in [0.25, 0.3) is 0 Å². The number of hydrogen-bond acceptors (Lipinski definition) is 3. The van der Waals surface area contributed by atoms with E-state index < -0.39 is 5.54 Å². The van der Waals surface area contributed by atoms with Crippen molar-refractivity contribution in [1.82, 2.24) is 0 Å². The largest absolute Gasteiger partial charge is 0.504 e. The van der Waals surface area contributed by atoms with Gasteiger partial charge in [0.05, 0.1) is 7.11 Å². The summed E-state index contributed by atoms with van der Waals surface area (Å²) < 4.78 is 5.13. The number of nitrogens with two attached hydrogens (primary N) is 1. The molecule has 0 unspecified atom stereocenters. The minimum absolute atomic E-state index is 0.124. The summed E-state index contributed by atoms with van der Waals surface area (Å²) in [7, 11) is 1.51. The molecule has 1 aliphatic rings. The SMILES string of the molecule is COc1c(C)c(Cl)cc(C2(N)CC2)c1O. The Balaban J connectivity index is 2.62. The first-order valence-corrected chi connectivity index (χ1v) is 5.23. The standard InChI is InChI=1S/C11H14ClNO2/c1-6-8(12)5-7(11(13)3-4-11)9(14)10(6)15-2/h5,14H,3-4,13H2,1-2H3. The Hall–Kier alpha value is -0.930. The molecule has 1 saturated carbocycles. The predicted octanol–water partition coefficient (Wildman–Crippen LogP) is 2.31. The van der Waals surface area contributed by atoms with Gasteiger partial charge >= 0.3 is 0 Å². The van der Waals surface area contributed by atoms with Crippen molar-refractivity contribution in [2.45, 2.75) is 25.3 Å². The van der Waals surface area contributed by atoms with Crippen molar-refractivity contribution in [2.24, 2.45) is 5.73 Å². The van der Waals surface area contributed by atoms with Crippen LogP contribution < -0.4 is 10.5 Å². The maximum Gasteiger partial charge on any atom is 0.165 e. The number of methoxy groups -OCH3 is 1. The van der Waals surface area contributed by atoms with Crippen molar-refractivity contribution >= 4 is 11.6 Å². The van der Waals surface area contributed by atoms with E-state index in [1.807, 2.05) is 0 Å². The second-order valence-electron chi connectivity index (χ2n) is 4.07. The van der Waals surface area contributed by atoms with E-state index in [0.29, 0.717) is 16.3 Å². The summed E-state index contributed by atoms with van der Waals surface area (Å²) in [6.45, 7) is 1.81. The molecule has 0 spiro atoms. The number of ether oxygens (including phenoxy) is 1. The molecule has 4 heteroatoms. The Morgan fingerprint density at radius 1 is 1.53 bits per heavy atom. The van der Waals surface area contributed by atoms with Crippen LogP contribution in [0.3, 0.4) is 0 Å². The molecule has 3 N–H and O–H groups in total. The average Bonchev–Trinajstić information content (AvgIpc) is 2.92. The van der Waals surface area contributed by atoms with Gasteiger partial charge in [-0.05, 0) is 25.8 Å². The van der Waals surface area contributed by atoms with Gasteiger partial charge < -0.3 is 15.6 Å². The van der Waals surface area contributed by atoms with E-state index in [1.165, 1.54) is 7.11 Å². The molecule has 1 aromatic carbocycles. The van der Waals surface area contributed by atoms with E-state index in [4.69, 9.17) is 22.1 Å². The Labute approximate surface area is 93.8 Å². The average molecular weight is 228 g/mol. The molecule has 0 heterocycles. The highest BCUT2D eigenvalue weighted by Crippen LogP contribution is 2.50. The molecule has 0 atom stereocenters. The molecule has 1 fully saturated rings. The van der Waals surface area contributed by atoms with Crippen molar-refractivity contribution in [3.8, 4) is 11.5 Å². The number of hydrogen-bond donors (Lipinski definition) is 2. The second-order valence-corrected chi connectivity index (χ2v) is 4.48. The normalized spacial score (nSPS) is 17.6. The molecule has 2 rings (SSSR count). The summed E-state index contributed by atoms with van der Waals surface area (Å²) in [5.74, 6) is 0.550. The zero-order valence-corrected chi connectivity index (χ0v) is 9.56. The fourth-order valence-corrected chi connectivity index (χ4v) is 1.94. The molecule has 0 amide bonds. The van der Waals surface area contributed by atoms with Gasteiger partial charge in [0.25, 0.3) is 0 Å². The van der Waals surface area contributed by atoms with Gasteiger partial charge in [0.2, 0.25) is 0 Å². The van der Waals surface area contributed by atoms with Gasteiger partial charge in [0.15, 0.2) is 11.5 Å². The molecule has 0 radical (unpaired) electrons. The summed E-state index contributed by atoms with van der Waals surface area (Å²) >= 11 is 6.06. The zero-order valence-electron chi connectivity index (χ0n) is 8.80. The number of benzene rings is 1. The van der Waals surface area contributed by atoms with Gasteiger partial charge in [-0.3, -0.25) is 0 Å². The van der Waals surface area contributed by atoms with E-state index in [9.17, 15) is 5.11 Å². The Kier molecular flexibility index (Phi) is 2.32. The fraction of sp³-hybridized carbons (Fsp3) is 0.455. The van der Waals surface area contributed by atoms with Crippen LogP contribution in [-0.2, 0) is 5.54 Å². The van der Waals surface area contributed by atoms with Crippen LogP contribution in [0, 0.1) is 6.92 Å². The smallest absolute Gasteiger partial charge is 0.165 e. The summed E-state index contributed by atoms with van der Waals surface area (Å²) in [6.07, 6.45) is 1.76. The highest BCUT2D eigenvalue weighted by Gasteiger charge is 2.43. The van der Waals surface area contributed by atoms with Crippen molar-refractivity contribution in [2.75, 3.05) is 7.11 Å². The number of rotatable bonds is 2. The minimum atomic E-state index is -0.408. The lowest BCUT2D eigenvalue weighted by molar-refractivity contribution is 0.365. The molecule has 1 aliphatic carbocycles. The predicted molar refractivity (Wildman–Crippen MR) is 59.5 cm³/mol. The van der Waals surface area contributed by atoms with Gasteiger partial charge in [-0.1, -0.05) is 11.6 Å². The first kappa shape index (κ1) is 10.6. The van der Waals surface area contributed by atoms with E-state index in [0.717, 1.165) is 18.4 Å². The van der Waals surface area contributed by atoms with Gasteiger partial charge in [0.1, 0.15) is 0 Å².